The van der Waals surface area contributed by atoms with Crippen LogP contribution in [0.3, 0.4) is 0 Å². The van der Waals surface area contributed by atoms with Crippen molar-refractivity contribution in [1.82, 2.24) is 4.90 Å². The van der Waals surface area contributed by atoms with Gasteiger partial charge in [-0.05, 0) is 54.3 Å². The van der Waals surface area contributed by atoms with Crippen LogP contribution in [-0.4, -0.2) is 29.8 Å². The van der Waals surface area contributed by atoms with Gasteiger partial charge in [0.1, 0.15) is 0 Å². The van der Waals surface area contributed by atoms with E-state index in [0.717, 1.165) is 11.1 Å². The van der Waals surface area contributed by atoms with E-state index in [1.807, 2.05) is 59.5 Å². The van der Waals surface area contributed by atoms with Crippen LogP contribution >= 0.6 is 23.2 Å². The highest BCUT2D eigenvalue weighted by Gasteiger charge is 2.28. The van der Waals surface area contributed by atoms with Crippen molar-refractivity contribution in [3.8, 4) is 11.1 Å². The van der Waals surface area contributed by atoms with Gasteiger partial charge in [-0.15, -0.1) is 0 Å². The maximum absolute atomic E-state index is 12.9. The maximum atomic E-state index is 12.9. The van der Waals surface area contributed by atoms with Crippen molar-refractivity contribution < 1.29 is 9.59 Å². The molecule has 1 aliphatic rings. The highest BCUT2D eigenvalue weighted by molar-refractivity contribution is 6.35. The molecule has 1 saturated heterocycles. The number of nitrogens with zero attached hydrogens (tertiary/aromatic N) is 1. The zero-order valence-electron chi connectivity index (χ0n) is 16.9. The number of piperidine rings is 1. The maximum Gasteiger partial charge on any atom is 0.253 e. The average molecular weight is 453 g/mol. The first-order valence-corrected chi connectivity index (χ1v) is 11.0. The van der Waals surface area contributed by atoms with Crippen molar-refractivity contribution >= 4 is 40.7 Å². The molecule has 1 N–H and O–H groups in total. The van der Waals surface area contributed by atoms with Gasteiger partial charge < -0.3 is 10.2 Å². The van der Waals surface area contributed by atoms with E-state index < -0.39 is 0 Å². The number of hydrogen-bond acceptors (Lipinski definition) is 2. The van der Waals surface area contributed by atoms with E-state index >= 15 is 0 Å². The molecule has 1 aliphatic heterocycles. The number of halogens is 2. The molecule has 0 aromatic heterocycles. The molecule has 0 bridgehead atoms. The first-order valence-electron chi connectivity index (χ1n) is 10.2. The Labute approximate surface area is 191 Å². The largest absolute Gasteiger partial charge is 0.339 e. The van der Waals surface area contributed by atoms with Gasteiger partial charge in [0.15, 0.2) is 0 Å². The second-order valence-electron chi connectivity index (χ2n) is 7.62. The molecular formula is C25H22Cl2N2O2. The van der Waals surface area contributed by atoms with Crippen molar-refractivity contribution in [3.05, 3.63) is 88.4 Å². The number of likely N-dealkylation sites (tertiary alicyclic amines) is 1. The number of rotatable bonds is 4. The Hall–Kier alpha value is -2.82. The van der Waals surface area contributed by atoms with Crippen LogP contribution in [0, 0.1) is 5.92 Å². The molecule has 2 amide bonds. The van der Waals surface area contributed by atoms with E-state index in [4.69, 9.17) is 23.2 Å². The third-order valence-electron chi connectivity index (χ3n) is 5.58. The molecule has 0 spiro atoms. The molecule has 6 heteroatoms. The Morgan fingerprint density at radius 1 is 0.839 bits per heavy atom. The van der Waals surface area contributed by atoms with Gasteiger partial charge in [-0.25, -0.2) is 0 Å². The average Bonchev–Trinajstić information content (AvgIpc) is 2.82. The van der Waals surface area contributed by atoms with Gasteiger partial charge >= 0.3 is 0 Å². The molecule has 4 rings (SSSR count). The SMILES string of the molecule is O=C(Nc1cc(Cl)ccc1Cl)C1CCN(C(=O)c2ccc(-c3ccccc3)cc2)CC1. The van der Waals surface area contributed by atoms with Gasteiger partial charge in [-0.3, -0.25) is 9.59 Å². The minimum Gasteiger partial charge on any atom is -0.339 e. The molecule has 31 heavy (non-hydrogen) atoms. The van der Waals surface area contributed by atoms with Crippen LogP contribution in [0.25, 0.3) is 11.1 Å². The van der Waals surface area contributed by atoms with Crippen molar-refractivity contribution in [2.24, 2.45) is 5.92 Å². The molecule has 3 aromatic carbocycles. The zero-order chi connectivity index (χ0) is 21.8. The third kappa shape index (κ3) is 5.09. The van der Waals surface area contributed by atoms with E-state index in [2.05, 4.69) is 5.32 Å². The smallest absolute Gasteiger partial charge is 0.253 e. The highest BCUT2D eigenvalue weighted by atomic mass is 35.5. The Morgan fingerprint density at radius 3 is 2.16 bits per heavy atom. The first-order chi connectivity index (χ1) is 15.0. The lowest BCUT2D eigenvalue weighted by molar-refractivity contribution is -0.121. The fourth-order valence-electron chi connectivity index (χ4n) is 3.79. The Kier molecular flexibility index (Phi) is 6.59. The fraction of sp³-hybridized carbons (Fsp3) is 0.200. The molecule has 3 aromatic rings. The summed E-state index contributed by atoms with van der Waals surface area (Å²) in [7, 11) is 0. The Balaban J connectivity index is 1.34. The van der Waals surface area contributed by atoms with E-state index in [0.29, 0.717) is 47.2 Å². The van der Waals surface area contributed by atoms with E-state index in [1.165, 1.54) is 0 Å². The highest BCUT2D eigenvalue weighted by Crippen LogP contribution is 2.28. The lowest BCUT2D eigenvalue weighted by Crippen LogP contribution is -2.41. The lowest BCUT2D eigenvalue weighted by Gasteiger charge is -2.31. The van der Waals surface area contributed by atoms with Gasteiger partial charge in [0, 0.05) is 29.6 Å². The van der Waals surface area contributed by atoms with Crippen LogP contribution in [-0.2, 0) is 4.79 Å². The van der Waals surface area contributed by atoms with Gasteiger partial charge in [0.2, 0.25) is 5.91 Å². The van der Waals surface area contributed by atoms with Crippen molar-refractivity contribution in [2.75, 3.05) is 18.4 Å². The fourth-order valence-corrected chi connectivity index (χ4v) is 4.13. The molecule has 1 fully saturated rings. The number of benzene rings is 3. The van der Waals surface area contributed by atoms with E-state index in [-0.39, 0.29) is 17.7 Å². The summed E-state index contributed by atoms with van der Waals surface area (Å²) in [6.45, 7) is 1.08. The summed E-state index contributed by atoms with van der Waals surface area (Å²) >= 11 is 12.1. The summed E-state index contributed by atoms with van der Waals surface area (Å²) in [6, 6.07) is 22.7. The minimum atomic E-state index is -0.167. The number of carbonyl (C=O) groups is 2. The van der Waals surface area contributed by atoms with Gasteiger partial charge in [0.05, 0.1) is 10.7 Å². The topological polar surface area (TPSA) is 49.4 Å². The summed E-state index contributed by atoms with van der Waals surface area (Å²) in [5.41, 5.74) is 3.37. The van der Waals surface area contributed by atoms with Crippen LogP contribution < -0.4 is 5.32 Å². The van der Waals surface area contributed by atoms with E-state index in [1.54, 1.807) is 18.2 Å². The standard InChI is InChI=1S/C25H22Cl2N2O2/c26-21-10-11-22(27)23(16-21)28-24(30)19-12-14-29(15-13-19)25(31)20-8-6-18(7-9-20)17-4-2-1-3-5-17/h1-11,16,19H,12-15H2,(H,28,30). The second-order valence-corrected chi connectivity index (χ2v) is 8.47. The zero-order valence-corrected chi connectivity index (χ0v) is 18.4. The predicted octanol–water partition coefficient (Wildman–Crippen LogP) is 6.15. The van der Waals surface area contributed by atoms with Gasteiger partial charge in [-0.1, -0.05) is 65.7 Å². The monoisotopic (exact) mass is 452 g/mol. The number of hydrogen-bond donors (Lipinski definition) is 1. The van der Waals surface area contributed by atoms with Gasteiger partial charge in [0.25, 0.3) is 5.91 Å². The van der Waals surface area contributed by atoms with Crippen molar-refractivity contribution in [3.63, 3.8) is 0 Å². The van der Waals surface area contributed by atoms with Crippen LogP contribution in [0.4, 0.5) is 5.69 Å². The molecule has 0 unspecified atom stereocenters. The summed E-state index contributed by atoms with van der Waals surface area (Å²) in [6.07, 6.45) is 1.22. The minimum absolute atomic E-state index is 0.00337. The Morgan fingerprint density at radius 2 is 1.48 bits per heavy atom. The number of anilines is 1. The molecule has 0 aliphatic carbocycles. The number of carbonyl (C=O) groups excluding carboxylic acids is 2. The lowest BCUT2D eigenvalue weighted by atomic mass is 9.95. The molecular weight excluding hydrogens is 431 g/mol. The molecule has 1 heterocycles. The van der Waals surface area contributed by atoms with Crippen LogP contribution in [0.2, 0.25) is 10.0 Å². The molecule has 0 radical (unpaired) electrons. The third-order valence-corrected chi connectivity index (χ3v) is 6.14. The second kappa shape index (κ2) is 9.54. The number of nitrogens with one attached hydrogen (secondary N) is 1. The van der Waals surface area contributed by atoms with Crippen LogP contribution in [0.5, 0.6) is 0 Å². The quantitative estimate of drug-likeness (QED) is 0.515. The predicted molar refractivity (Wildman–Crippen MR) is 126 cm³/mol. The number of amides is 2. The summed E-state index contributed by atoms with van der Waals surface area (Å²) in [4.78, 5) is 27.3. The summed E-state index contributed by atoms with van der Waals surface area (Å²) in [5, 5.41) is 3.82. The van der Waals surface area contributed by atoms with Crippen molar-refractivity contribution in [2.45, 2.75) is 12.8 Å². The summed E-state index contributed by atoms with van der Waals surface area (Å²) in [5.74, 6) is -0.264. The molecule has 158 valence electrons. The van der Waals surface area contributed by atoms with Crippen LogP contribution in [0.15, 0.2) is 72.8 Å². The van der Waals surface area contributed by atoms with Gasteiger partial charge in [-0.2, -0.15) is 0 Å². The summed E-state index contributed by atoms with van der Waals surface area (Å²) < 4.78 is 0. The van der Waals surface area contributed by atoms with Crippen LogP contribution in [0.1, 0.15) is 23.2 Å². The molecule has 0 atom stereocenters. The Bertz CT molecular complexity index is 1080. The van der Waals surface area contributed by atoms with E-state index in [9.17, 15) is 9.59 Å². The molecule has 0 saturated carbocycles. The normalized spacial score (nSPS) is 14.3. The van der Waals surface area contributed by atoms with Crippen molar-refractivity contribution in [1.29, 1.82) is 0 Å². The molecule has 4 nitrogen and oxygen atoms in total. The first kappa shape index (κ1) is 21.4.